The molecule has 2 aromatic heterocycles. The van der Waals surface area contributed by atoms with Crippen LogP contribution in [0.3, 0.4) is 0 Å². The average Bonchev–Trinajstić information content (AvgIpc) is 3.01. The quantitative estimate of drug-likeness (QED) is 0.260. The number of rotatable bonds is 12. The van der Waals surface area contributed by atoms with Crippen LogP contribution in [-0.2, 0) is 25.4 Å². The van der Waals surface area contributed by atoms with Gasteiger partial charge in [-0.25, -0.2) is 9.78 Å². The highest BCUT2D eigenvalue weighted by atomic mass is 16.6. The van der Waals surface area contributed by atoms with Gasteiger partial charge in [0.05, 0.1) is 23.8 Å². The van der Waals surface area contributed by atoms with Gasteiger partial charge in [-0.1, -0.05) is 6.07 Å². The van der Waals surface area contributed by atoms with Crippen molar-refractivity contribution in [3.63, 3.8) is 0 Å². The molecule has 9 nitrogen and oxygen atoms in total. The summed E-state index contributed by atoms with van der Waals surface area (Å²) in [5, 5.41) is 16.9. The Morgan fingerprint density at radius 3 is 2.53 bits per heavy atom. The molecule has 2 N–H and O–H groups in total. The molecule has 2 fully saturated rings. The van der Waals surface area contributed by atoms with E-state index in [-0.39, 0.29) is 12.0 Å². The second-order valence-corrected chi connectivity index (χ2v) is 14.6. The Morgan fingerprint density at radius 1 is 1.16 bits per heavy atom. The van der Waals surface area contributed by atoms with Gasteiger partial charge in [0.2, 0.25) is 0 Å². The highest BCUT2D eigenvalue weighted by molar-refractivity contribution is 5.78. The summed E-state index contributed by atoms with van der Waals surface area (Å²) >= 11 is 0. The normalized spacial score (nSPS) is 21.0. The molecule has 0 aromatic carbocycles. The molecule has 0 radical (unpaired) electrons. The van der Waals surface area contributed by atoms with E-state index in [1.54, 1.807) is 13.8 Å². The summed E-state index contributed by atoms with van der Waals surface area (Å²) in [6, 6.07) is 11.3. The smallest absolute Gasteiger partial charge is 0.338 e. The first-order valence-electron chi connectivity index (χ1n) is 16.6. The van der Waals surface area contributed by atoms with E-state index in [4.69, 9.17) is 24.2 Å². The van der Waals surface area contributed by atoms with E-state index in [2.05, 4.69) is 36.6 Å². The van der Waals surface area contributed by atoms with E-state index >= 15 is 0 Å². The van der Waals surface area contributed by atoms with Crippen LogP contribution in [0.15, 0.2) is 30.5 Å². The summed E-state index contributed by atoms with van der Waals surface area (Å²) in [6.45, 7) is 15.6. The van der Waals surface area contributed by atoms with Crippen LogP contribution in [0.1, 0.15) is 91.3 Å². The van der Waals surface area contributed by atoms with Gasteiger partial charge in [-0.05, 0) is 123 Å². The first kappa shape index (κ1) is 34.8. The molecule has 0 unspecified atom stereocenters. The molecule has 1 saturated carbocycles. The zero-order chi connectivity index (χ0) is 32.7. The van der Waals surface area contributed by atoms with Crippen molar-refractivity contribution < 1.29 is 19.0 Å². The number of hydrogen-bond donors (Lipinski definition) is 2. The predicted octanol–water partition coefficient (Wildman–Crippen LogP) is 6.40. The van der Waals surface area contributed by atoms with Crippen molar-refractivity contribution in [1.82, 2.24) is 15.3 Å². The fourth-order valence-electron chi connectivity index (χ4n) is 6.06. The molecule has 3 heterocycles. The third-order valence-electron chi connectivity index (χ3n) is 8.93. The maximum atomic E-state index is 12.5. The zero-order valence-corrected chi connectivity index (χ0v) is 28.4. The van der Waals surface area contributed by atoms with Crippen LogP contribution in [0.2, 0.25) is 0 Å². The lowest BCUT2D eigenvalue weighted by Crippen LogP contribution is -2.46. The third kappa shape index (κ3) is 10.2. The molecule has 9 heteroatoms. The zero-order valence-electron chi connectivity index (χ0n) is 28.4. The standard InChI is InChI=1S/C36H53N5O4/c1-25-21-38-29(20-30(25)31-9-8-10-32(41-31)39-24-36(23-37)15-17-43-18-16-36)19-27-11-13-28(14-12-27)40-26(2)22-44-35(6,7)33(42)45-34(3,4)5/h8-10,20-21,26-28,40H,11-19,22,24H2,1-7H3,(H,39,41)/t26-,27?,28?/m1/s1. The van der Waals surface area contributed by atoms with Crippen LogP contribution >= 0.6 is 0 Å². The van der Waals surface area contributed by atoms with Gasteiger partial charge in [0.15, 0.2) is 5.60 Å². The number of aryl methyl sites for hydroxylation is 1. The Hall–Kier alpha value is -3.06. The Balaban J connectivity index is 1.27. The second kappa shape index (κ2) is 15.0. The fourth-order valence-corrected chi connectivity index (χ4v) is 6.06. The van der Waals surface area contributed by atoms with E-state index in [0.29, 0.717) is 38.3 Å². The van der Waals surface area contributed by atoms with Crippen LogP contribution in [0, 0.1) is 29.6 Å². The lowest BCUT2D eigenvalue weighted by molar-refractivity contribution is -0.180. The van der Waals surface area contributed by atoms with E-state index in [0.717, 1.165) is 73.3 Å². The third-order valence-corrected chi connectivity index (χ3v) is 8.93. The minimum absolute atomic E-state index is 0.134. The van der Waals surface area contributed by atoms with Gasteiger partial charge in [0.25, 0.3) is 0 Å². The van der Waals surface area contributed by atoms with Gasteiger partial charge in [0.1, 0.15) is 11.4 Å². The summed E-state index contributed by atoms with van der Waals surface area (Å²) in [4.78, 5) is 22.2. The van der Waals surface area contributed by atoms with Crippen molar-refractivity contribution in [1.29, 1.82) is 5.26 Å². The lowest BCUT2D eigenvalue weighted by Gasteiger charge is -2.33. The van der Waals surface area contributed by atoms with Crippen molar-refractivity contribution in [3.05, 3.63) is 41.7 Å². The number of nitrogens with zero attached hydrogens (tertiary/aromatic N) is 3. The first-order valence-corrected chi connectivity index (χ1v) is 16.6. The molecule has 246 valence electrons. The number of aromatic nitrogens is 2. The molecular formula is C36H53N5O4. The van der Waals surface area contributed by atoms with Gasteiger partial charge in [-0.2, -0.15) is 5.26 Å². The Kier molecular flexibility index (Phi) is 11.6. The van der Waals surface area contributed by atoms with E-state index in [1.165, 1.54) is 0 Å². The number of nitriles is 1. The molecule has 2 aromatic rings. The van der Waals surface area contributed by atoms with Crippen LogP contribution < -0.4 is 10.6 Å². The molecule has 1 aliphatic heterocycles. The predicted molar refractivity (Wildman–Crippen MR) is 177 cm³/mol. The second-order valence-electron chi connectivity index (χ2n) is 14.6. The minimum Gasteiger partial charge on any atom is -0.458 e. The SMILES string of the molecule is Cc1cnc(CC2CCC(N[C@H](C)COC(C)(C)C(=O)OC(C)(C)C)CC2)cc1-c1cccc(NCC2(C#N)CCOCC2)n1. The van der Waals surface area contributed by atoms with Gasteiger partial charge in [0, 0.05) is 49.3 Å². The molecule has 2 aliphatic rings. The van der Waals surface area contributed by atoms with Crippen LogP contribution in [0.25, 0.3) is 11.3 Å². The first-order chi connectivity index (χ1) is 21.3. The number of carbonyl (C=O) groups excluding carboxylic acids is 1. The van der Waals surface area contributed by atoms with Gasteiger partial charge >= 0.3 is 5.97 Å². The number of pyridine rings is 2. The maximum Gasteiger partial charge on any atom is 0.338 e. The van der Waals surface area contributed by atoms with Gasteiger partial charge in [-0.3, -0.25) is 4.98 Å². The topological polar surface area (TPSA) is 118 Å². The van der Waals surface area contributed by atoms with Crippen molar-refractivity contribution in [2.45, 2.75) is 117 Å². The Morgan fingerprint density at radius 2 is 1.87 bits per heavy atom. The average molecular weight is 620 g/mol. The molecule has 0 amide bonds. The molecular weight excluding hydrogens is 566 g/mol. The highest BCUT2D eigenvalue weighted by Crippen LogP contribution is 2.32. The summed E-state index contributed by atoms with van der Waals surface area (Å²) in [7, 11) is 0. The summed E-state index contributed by atoms with van der Waals surface area (Å²) in [5.41, 5.74) is 2.28. The monoisotopic (exact) mass is 619 g/mol. The van der Waals surface area contributed by atoms with Crippen molar-refractivity contribution in [2.75, 3.05) is 31.7 Å². The van der Waals surface area contributed by atoms with Crippen LogP contribution in [0.4, 0.5) is 5.82 Å². The molecule has 1 aliphatic carbocycles. The number of esters is 1. The van der Waals surface area contributed by atoms with Crippen LogP contribution in [0.5, 0.6) is 0 Å². The number of hydrogen-bond acceptors (Lipinski definition) is 9. The fraction of sp³-hybridized carbons (Fsp3) is 0.667. The van der Waals surface area contributed by atoms with Crippen molar-refractivity contribution in [2.24, 2.45) is 11.3 Å². The molecule has 1 saturated heterocycles. The number of carbonyl (C=O) groups is 1. The highest BCUT2D eigenvalue weighted by Gasteiger charge is 2.35. The Labute approximate surface area is 269 Å². The number of nitrogens with one attached hydrogen (secondary N) is 2. The van der Waals surface area contributed by atoms with E-state index in [9.17, 15) is 10.1 Å². The molecule has 4 rings (SSSR count). The number of ether oxygens (including phenoxy) is 3. The molecule has 45 heavy (non-hydrogen) atoms. The van der Waals surface area contributed by atoms with Gasteiger partial charge in [-0.15, -0.1) is 0 Å². The maximum absolute atomic E-state index is 12.5. The minimum atomic E-state index is -0.987. The van der Waals surface area contributed by atoms with Crippen molar-refractivity contribution >= 4 is 11.8 Å². The Bertz CT molecular complexity index is 1320. The van der Waals surface area contributed by atoms with E-state index < -0.39 is 16.6 Å². The van der Waals surface area contributed by atoms with Crippen molar-refractivity contribution in [3.8, 4) is 17.3 Å². The summed E-state index contributed by atoms with van der Waals surface area (Å²) < 4.78 is 17.0. The molecule has 0 spiro atoms. The van der Waals surface area contributed by atoms with E-state index in [1.807, 2.05) is 45.2 Å². The lowest BCUT2D eigenvalue weighted by atomic mass is 9.82. The molecule has 1 atom stereocenters. The number of anilines is 1. The largest absolute Gasteiger partial charge is 0.458 e. The van der Waals surface area contributed by atoms with Gasteiger partial charge < -0.3 is 24.8 Å². The van der Waals surface area contributed by atoms with Crippen LogP contribution in [-0.4, -0.2) is 65.6 Å². The summed E-state index contributed by atoms with van der Waals surface area (Å²) in [6.07, 6.45) is 8.89. The molecule has 0 bridgehead atoms. The summed E-state index contributed by atoms with van der Waals surface area (Å²) in [5.74, 6) is 1.03.